The zero-order valence-electron chi connectivity index (χ0n) is 13.2. The number of aliphatic hydroxyl groups excluding tert-OH is 1. The van der Waals surface area contributed by atoms with Crippen molar-refractivity contribution in [3.8, 4) is 0 Å². The number of hydrogen-bond donors (Lipinski definition) is 3. The van der Waals surface area contributed by atoms with Crippen LogP contribution >= 0.6 is 0 Å². The molecule has 2 amide bonds. The summed E-state index contributed by atoms with van der Waals surface area (Å²) in [5.41, 5.74) is -0.126. The first-order valence-electron chi connectivity index (χ1n) is 7.79. The van der Waals surface area contributed by atoms with Crippen molar-refractivity contribution >= 4 is 6.03 Å². The molecule has 3 N–H and O–H groups in total. The second-order valence-electron chi connectivity index (χ2n) is 5.98. The first-order valence-corrected chi connectivity index (χ1v) is 7.79. The maximum atomic E-state index is 12.1. The molecule has 24 heavy (non-hydrogen) atoms. The molecular formula is C16H20N4O4. The highest BCUT2D eigenvalue weighted by Gasteiger charge is 2.37. The zero-order chi connectivity index (χ0) is 17.0. The van der Waals surface area contributed by atoms with E-state index in [1.54, 1.807) is 0 Å². The Labute approximate surface area is 139 Å². The molecule has 2 heterocycles. The van der Waals surface area contributed by atoms with Crippen molar-refractivity contribution in [3.05, 3.63) is 47.6 Å². The quantitative estimate of drug-likeness (QED) is 0.726. The molecule has 1 atom stereocenters. The summed E-state index contributed by atoms with van der Waals surface area (Å²) in [6.45, 7) is 0.266. The largest absolute Gasteiger partial charge is 0.393 e. The smallest absolute Gasteiger partial charge is 0.317 e. The lowest BCUT2D eigenvalue weighted by molar-refractivity contribution is -0.00281. The van der Waals surface area contributed by atoms with Crippen molar-refractivity contribution < 1.29 is 19.5 Å². The number of urea groups is 1. The SMILES string of the molecule is O=C(NCc1nc(Cc2ccccc2)no1)N1CC[C@](O)(CO)C1. The molecule has 1 aromatic carbocycles. The number of hydrogen-bond acceptors (Lipinski definition) is 6. The third-order valence-electron chi connectivity index (χ3n) is 4.02. The molecule has 1 fully saturated rings. The standard InChI is InChI=1S/C16H20N4O4/c21-11-16(23)6-7-20(10-16)15(22)17-9-14-18-13(19-24-14)8-12-4-2-1-3-5-12/h1-5,21,23H,6-11H2,(H,17,22)/t16-/m1/s1. The summed E-state index contributed by atoms with van der Waals surface area (Å²) in [7, 11) is 0. The number of β-amino-alcohol motifs (C(OH)–C–C–N with tert-alkyl or cyclic N) is 1. The van der Waals surface area contributed by atoms with Gasteiger partial charge in [0.15, 0.2) is 5.82 Å². The number of amides is 2. The maximum absolute atomic E-state index is 12.1. The summed E-state index contributed by atoms with van der Waals surface area (Å²) in [4.78, 5) is 17.8. The molecule has 2 aromatic rings. The summed E-state index contributed by atoms with van der Waals surface area (Å²) < 4.78 is 5.13. The molecule has 1 aliphatic rings. The van der Waals surface area contributed by atoms with Gasteiger partial charge in [-0.3, -0.25) is 0 Å². The molecule has 8 heteroatoms. The predicted octanol–water partition coefficient (Wildman–Crippen LogP) is 0.299. The average Bonchev–Trinajstić information content (AvgIpc) is 3.21. The molecule has 0 spiro atoms. The van der Waals surface area contributed by atoms with Crippen molar-refractivity contribution in [1.82, 2.24) is 20.4 Å². The van der Waals surface area contributed by atoms with Crippen LogP contribution in [0.2, 0.25) is 0 Å². The second kappa shape index (κ2) is 6.98. The third-order valence-corrected chi connectivity index (χ3v) is 4.02. The predicted molar refractivity (Wildman–Crippen MR) is 84.0 cm³/mol. The van der Waals surface area contributed by atoms with Crippen molar-refractivity contribution in [2.75, 3.05) is 19.7 Å². The van der Waals surface area contributed by atoms with E-state index < -0.39 is 5.60 Å². The van der Waals surface area contributed by atoms with Gasteiger partial charge < -0.3 is 25.0 Å². The Morgan fingerprint density at radius 3 is 2.88 bits per heavy atom. The minimum atomic E-state index is -1.20. The van der Waals surface area contributed by atoms with Crippen LogP contribution in [0.5, 0.6) is 0 Å². The van der Waals surface area contributed by atoms with Gasteiger partial charge in [-0.1, -0.05) is 35.5 Å². The Hall–Kier alpha value is -2.45. The number of likely N-dealkylation sites (tertiary alicyclic amines) is 1. The number of aromatic nitrogens is 2. The first-order chi connectivity index (χ1) is 11.6. The molecule has 0 radical (unpaired) electrons. The van der Waals surface area contributed by atoms with E-state index in [1.165, 1.54) is 4.90 Å². The van der Waals surface area contributed by atoms with Gasteiger partial charge in [-0.25, -0.2) is 4.79 Å². The summed E-state index contributed by atoms with van der Waals surface area (Å²) in [5.74, 6) is 0.882. The number of rotatable bonds is 5. The molecule has 0 aliphatic carbocycles. The lowest BCUT2D eigenvalue weighted by Gasteiger charge is -2.20. The zero-order valence-corrected chi connectivity index (χ0v) is 13.2. The fourth-order valence-electron chi connectivity index (χ4n) is 2.63. The molecule has 0 saturated carbocycles. The molecule has 1 aliphatic heterocycles. The van der Waals surface area contributed by atoms with Gasteiger partial charge >= 0.3 is 6.03 Å². The minimum Gasteiger partial charge on any atom is -0.393 e. The van der Waals surface area contributed by atoms with Gasteiger partial charge in [0.2, 0.25) is 5.89 Å². The summed E-state index contributed by atoms with van der Waals surface area (Å²) in [6, 6.07) is 9.46. The van der Waals surface area contributed by atoms with E-state index in [1.807, 2.05) is 30.3 Å². The van der Waals surface area contributed by atoms with Crippen LogP contribution < -0.4 is 5.32 Å². The van der Waals surface area contributed by atoms with Crippen LogP contribution in [0.1, 0.15) is 23.7 Å². The fourth-order valence-corrected chi connectivity index (χ4v) is 2.63. The van der Waals surface area contributed by atoms with E-state index in [0.717, 1.165) is 5.56 Å². The topological polar surface area (TPSA) is 112 Å². The second-order valence-corrected chi connectivity index (χ2v) is 5.98. The highest BCUT2D eigenvalue weighted by molar-refractivity contribution is 5.74. The van der Waals surface area contributed by atoms with E-state index in [9.17, 15) is 9.90 Å². The lowest BCUT2D eigenvalue weighted by atomic mass is 10.1. The van der Waals surface area contributed by atoms with E-state index in [4.69, 9.17) is 9.63 Å². The van der Waals surface area contributed by atoms with Gasteiger partial charge in [-0.15, -0.1) is 0 Å². The van der Waals surface area contributed by atoms with Crippen LogP contribution in [0.15, 0.2) is 34.9 Å². The van der Waals surface area contributed by atoms with Crippen LogP contribution in [0.3, 0.4) is 0 Å². The van der Waals surface area contributed by atoms with E-state index in [-0.39, 0.29) is 25.7 Å². The maximum Gasteiger partial charge on any atom is 0.317 e. The van der Waals surface area contributed by atoms with Gasteiger partial charge in [-0.05, 0) is 12.0 Å². The summed E-state index contributed by atoms with van der Waals surface area (Å²) >= 11 is 0. The fraction of sp³-hybridized carbons (Fsp3) is 0.438. The summed E-state index contributed by atoms with van der Waals surface area (Å²) in [5, 5.41) is 25.6. The number of nitrogens with one attached hydrogen (secondary N) is 1. The Morgan fingerprint density at radius 1 is 1.38 bits per heavy atom. The van der Waals surface area contributed by atoms with E-state index >= 15 is 0 Å². The van der Waals surface area contributed by atoms with Crippen molar-refractivity contribution in [3.63, 3.8) is 0 Å². The van der Waals surface area contributed by atoms with E-state index in [2.05, 4.69) is 15.5 Å². The molecule has 0 bridgehead atoms. The summed E-state index contributed by atoms with van der Waals surface area (Å²) in [6.07, 6.45) is 0.923. The number of nitrogens with zero attached hydrogens (tertiary/aromatic N) is 3. The van der Waals surface area contributed by atoms with Crippen LogP contribution in [0.4, 0.5) is 4.79 Å². The highest BCUT2D eigenvalue weighted by Crippen LogP contribution is 2.20. The molecule has 128 valence electrons. The van der Waals surface area contributed by atoms with Crippen LogP contribution in [-0.2, 0) is 13.0 Å². The Balaban J connectivity index is 1.50. The highest BCUT2D eigenvalue weighted by atomic mass is 16.5. The monoisotopic (exact) mass is 332 g/mol. The van der Waals surface area contributed by atoms with Crippen LogP contribution in [0, 0.1) is 0 Å². The third kappa shape index (κ3) is 3.90. The molecule has 0 unspecified atom stereocenters. The van der Waals surface area contributed by atoms with Gasteiger partial charge in [-0.2, -0.15) is 4.98 Å². The molecular weight excluding hydrogens is 312 g/mol. The van der Waals surface area contributed by atoms with Gasteiger partial charge in [0.1, 0.15) is 5.60 Å². The average molecular weight is 332 g/mol. The number of aliphatic hydroxyl groups is 2. The van der Waals surface area contributed by atoms with Crippen molar-refractivity contribution in [2.45, 2.75) is 25.0 Å². The first kappa shape index (κ1) is 16.4. The van der Waals surface area contributed by atoms with E-state index in [0.29, 0.717) is 31.1 Å². The number of carbonyl (C=O) groups is 1. The van der Waals surface area contributed by atoms with Crippen molar-refractivity contribution in [1.29, 1.82) is 0 Å². The Morgan fingerprint density at radius 2 is 2.17 bits per heavy atom. The Bertz CT molecular complexity index is 690. The van der Waals surface area contributed by atoms with Crippen molar-refractivity contribution in [2.24, 2.45) is 0 Å². The van der Waals surface area contributed by atoms with Crippen LogP contribution in [0.25, 0.3) is 0 Å². The van der Waals surface area contributed by atoms with Gasteiger partial charge in [0.05, 0.1) is 19.7 Å². The molecule has 3 rings (SSSR count). The number of carbonyl (C=O) groups excluding carboxylic acids is 1. The normalized spacial score (nSPS) is 20.3. The Kier molecular flexibility index (Phi) is 4.77. The molecule has 8 nitrogen and oxygen atoms in total. The minimum absolute atomic E-state index is 0.110. The lowest BCUT2D eigenvalue weighted by Crippen LogP contribution is -2.42. The molecule has 1 saturated heterocycles. The van der Waals surface area contributed by atoms with Crippen LogP contribution in [-0.4, -0.2) is 56.6 Å². The van der Waals surface area contributed by atoms with Gasteiger partial charge in [0.25, 0.3) is 0 Å². The molecule has 1 aromatic heterocycles. The number of benzene rings is 1. The van der Waals surface area contributed by atoms with Gasteiger partial charge in [0, 0.05) is 13.0 Å².